The summed E-state index contributed by atoms with van der Waals surface area (Å²) in [5.41, 5.74) is 1.86. The maximum atomic E-state index is 13.2. The normalized spacial score (nSPS) is 15.3. The average Bonchev–Trinajstić information content (AvgIpc) is 3.30. The number of aromatic nitrogens is 3. The second-order valence-electron chi connectivity index (χ2n) is 8.35. The smallest absolute Gasteiger partial charge is 0.256 e. The molecular weight excluding hydrogens is 470 g/mol. The number of carbonyl (C=O) groups excluding carboxylic acids is 1. The van der Waals surface area contributed by atoms with Crippen molar-refractivity contribution in [3.05, 3.63) is 65.9 Å². The van der Waals surface area contributed by atoms with Gasteiger partial charge in [0.2, 0.25) is 15.2 Å². The molecule has 2 aromatic carbocycles. The van der Waals surface area contributed by atoms with Gasteiger partial charge in [-0.3, -0.25) is 4.79 Å². The highest BCUT2D eigenvalue weighted by molar-refractivity contribution is 7.89. The van der Waals surface area contributed by atoms with Gasteiger partial charge in [-0.15, -0.1) is 0 Å². The fourth-order valence-corrected chi connectivity index (χ4v) is 6.60. The van der Waals surface area contributed by atoms with Crippen molar-refractivity contribution in [3.63, 3.8) is 0 Å². The van der Waals surface area contributed by atoms with Gasteiger partial charge in [0, 0.05) is 24.7 Å². The first kappa shape index (κ1) is 22.7. The SMILES string of the molecule is Cc1cc(NC(=O)c2cccc(S(=O)(=O)N3CCCCCC3)c2)n(-c2nc3ccccc3s2)n1. The van der Waals surface area contributed by atoms with Crippen LogP contribution in [0.4, 0.5) is 5.82 Å². The van der Waals surface area contributed by atoms with Crippen LogP contribution in [0, 0.1) is 6.92 Å². The molecule has 1 aliphatic rings. The summed E-state index contributed by atoms with van der Waals surface area (Å²) < 4.78 is 30.5. The van der Waals surface area contributed by atoms with Crippen LogP contribution < -0.4 is 5.32 Å². The van der Waals surface area contributed by atoms with Gasteiger partial charge in [0.15, 0.2) is 0 Å². The fraction of sp³-hybridized carbons (Fsp3) is 0.292. The first-order chi connectivity index (χ1) is 16.4. The second-order valence-corrected chi connectivity index (χ2v) is 11.3. The average molecular weight is 496 g/mol. The van der Waals surface area contributed by atoms with Gasteiger partial charge in [-0.2, -0.15) is 14.1 Å². The maximum absolute atomic E-state index is 13.2. The number of thiazole rings is 1. The number of amides is 1. The number of fused-ring (bicyclic) bond motifs is 1. The highest BCUT2D eigenvalue weighted by Gasteiger charge is 2.26. The van der Waals surface area contributed by atoms with Crippen molar-refractivity contribution >= 4 is 43.3 Å². The Labute approximate surface area is 202 Å². The third-order valence-corrected chi connectivity index (χ3v) is 8.74. The minimum absolute atomic E-state index is 0.137. The number of hydrogen-bond acceptors (Lipinski definition) is 6. The van der Waals surface area contributed by atoms with E-state index in [4.69, 9.17) is 0 Å². The molecule has 0 unspecified atom stereocenters. The van der Waals surface area contributed by atoms with Crippen LogP contribution in [-0.2, 0) is 10.0 Å². The number of carbonyl (C=O) groups is 1. The van der Waals surface area contributed by atoms with E-state index in [2.05, 4.69) is 15.4 Å². The van der Waals surface area contributed by atoms with Crippen LogP contribution in [0.15, 0.2) is 59.5 Å². The van der Waals surface area contributed by atoms with Crippen molar-refractivity contribution in [2.24, 2.45) is 0 Å². The number of sulfonamides is 1. The molecule has 5 rings (SSSR count). The minimum atomic E-state index is -3.65. The molecule has 0 radical (unpaired) electrons. The van der Waals surface area contributed by atoms with E-state index in [1.165, 1.54) is 21.7 Å². The Balaban J connectivity index is 1.41. The van der Waals surface area contributed by atoms with Crippen LogP contribution in [0.3, 0.4) is 0 Å². The Morgan fingerprint density at radius 3 is 2.53 bits per heavy atom. The lowest BCUT2D eigenvalue weighted by Gasteiger charge is -2.20. The molecule has 34 heavy (non-hydrogen) atoms. The van der Waals surface area contributed by atoms with Gasteiger partial charge in [0.25, 0.3) is 5.91 Å². The molecular formula is C24H25N5O3S2. The summed E-state index contributed by atoms with van der Waals surface area (Å²) in [6, 6.07) is 15.8. The molecule has 1 amide bonds. The zero-order valence-electron chi connectivity index (χ0n) is 18.8. The van der Waals surface area contributed by atoms with E-state index >= 15 is 0 Å². The molecule has 1 aliphatic heterocycles. The van der Waals surface area contributed by atoms with E-state index in [1.807, 2.05) is 31.2 Å². The standard InChI is InChI=1S/C24H25N5O3S2/c1-17-15-22(29(27-17)24-25-20-11-4-5-12-21(20)33-24)26-23(30)18-9-8-10-19(16-18)34(31,32)28-13-6-2-3-7-14-28/h4-5,8-12,15-16H,2-3,6-7,13-14H2,1H3,(H,26,30). The molecule has 176 valence electrons. The molecule has 0 atom stereocenters. The predicted molar refractivity (Wildman–Crippen MR) is 133 cm³/mol. The quantitative estimate of drug-likeness (QED) is 0.436. The molecule has 0 spiro atoms. The Hall–Kier alpha value is -3.08. The third-order valence-electron chi connectivity index (χ3n) is 5.84. The Morgan fingerprint density at radius 1 is 1.00 bits per heavy atom. The van der Waals surface area contributed by atoms with Crippen molar-refractivity contribution < 1.29 is 13.2 Å². The van der Waals surface area contributed by atoms with E-state index < -0.39 is 15.9 Å². The topological polar surface area (TPSA) is 97.2 Å². The van der Waals surface area contributed by atoms with Gasteiger partial charge in [-0.1, -0.05) is 42.4 Å². The number of rotatable bonds is 5. The summed E-state index contributed by atoms with van der Waals surface area (Å²) in [7, 11) is -3.65. The summed E-state index contributed by atoms with van der Waals surface area (Å²) >= 11 is 1.48. The highest BCUT2D eigenvalue weighted by Crippen LogP contribution is 2.27. The molecule has 10 heteroatoms. The fourth-order valence-electron chi connectivity index (χ4n) is 4.10. The monoisotopic (exact) mass is 495 g/mol. The maximum Gasteiger partial charge on any atom is 0.256 e. The minimum Gasteiger partial charge on any atom is -0.306 e. The molecule has 1 N–H and O–H groups in total. The number of nitrogens with one attached hydrogen (secondary N) is 1. The van der Waals surface area contributed by atoms with Crippen molar-refractivity contribution in [2.45, 2.75) is 37.5 Å². The molecule has 2 aromatic heterocycles. The lowest BCUT2D eigenvalue weighted by atomic mass is 10.2. The van der Waals surface area contributed by atoms with Gasteiger partial charge in [0.05, 0.1) is 20.8 Å². The molecule has 1 fully saturated rings. The van der Waals surface area contributed by atoms with Gasteiger partial charge >= 0.3 is 0 Å². The van der Waals surface area contributed by atoms with Gasteiger partial charge in [-0.25, -0.2) is 13.4 Å². The number of hydrogen-bond donors (Lipinski definition) is 1. The van der Waals surface area contributed by atoms with Crippen LogP contribution in [0.1, 0.15) is 41.7 Å². The van der Waals surface area contributed by atoms with Crippen LogP contribution in [0.5, 0.6) is 0 Å². The number of benzene rings is 2. The third kappa shape index (κ3) is 4.48. The Bertz CT molecular complexity index is 1420. The molecule has 8 nitrogen and oxygen atoms in total. The van der Waals surface area contributed by atoms with Crippen molar-refractivity contribution in [1.82, 2.24) is 19.1 Å². The van der Waals surface area contributed by atoms with Crippen LogP contribution in [-0.4, -0.2) is 46.5 Å². The molecule has 4 aromatic rings. The van der Waals surface area contributed by atoms with E-state index in [-0.39, 0.29) is 10.5 Å². The van der Waals surface area contributed by atoms with Gasteiger partial charge in [-0.05, 0) is 50.1 Å². The van der Waals surface area contributed by atoms with Crippen LogP contribution >= 0.6 is 11.3 Å². The van der Waals surface area contributed by atoms with E-state index in [0.717, 1.165) is 41.6 Å². The first-order valence-corrected chi connectivity index (χ1v) is 13.5. The van der Waals surface area contributed by atoms with Crippen molar-refractivity contribution in [3.8, 4) is 5.13 Å². The molecule has 1 saturated heterocycles. The number of nitrogens with zero attached hydrogens (tertiary/aromatic N) is 4. The number of anilines is 1. The summed E-state index contributed by atoms with van der Waals surface area (Å²) in [4.78, 5) is 17.9. The van der Waals surface area contributed by atoms with Crippen molar-refractivity contribution in [2.75, 3.05) is 18.4 Å². The number of aryl methyl sites for hydroxylation is 1. The molecule has 0 bridgehead atoms. The lowest BCUT2D eigenvalue weighted by molar-refractivity contribution is 0.102. The summed E-state index contributed by atoms with van der Waals surface area (Å²) in [6.45, 7) is 2.87. The first-order valence-electron chi connectivity index (χ1n) is 11.3. The van der Waals surface area contributed by atoms with E-state index in [1.54, 1.807) is 28.9 Å². The summed E-state index contributed by atoms with van der Waals surface area (Å²) in [5, 5.41) is 8.02. The highest BCUT2D eigenvalue weighted by atomic mass is 32.2. The van der Waals surface area contributed by atoms with Crippen LogP contribution in [0.25, 0.3) is 15.3 Å². The van der Waals surface area contributed by atoms with Gasteiger partial charge < -0.3 is 5.32 Å². The lowest BCUT2D eigenvalue weighted by Crippen LogP contribution is -2.32. The molecule has 3 heterocycles. The van der Waals surface area contributed by atoms with E-state index in [0.29, 0.717) is 24.0 Å². The Morgan fingerprint density at radius 2 is 1.76 bits per heavy atom. The summed E-state index contributed by atoms with van der Waals surface area (Å²) in [6.07, 6.45) is 3.79. The number of para-hydroxylation sites is 1. The predicted octanol–water partition coefficient (Wildman–Crippen LogP) is 4.61. The van der Waals surface area contributed by atoms with Crippen molar-refractivity contribution in [1.29, 1.82) is 0 Å². The van der Waals surface area contributed by atoms with Gasteiger partial charge in [0.1, 0.15) is 5.82 Å². The van der Waals surface area contributed by atoms with Crippen LogP contribution in [0.2, 0.25) is 0 Å². The summed E-state index contributed by atoms with van der Waals surface area (Å²) in [5.74, 6) is 0.0671. The zero-order chi connectivity index (χ0) is 23.7. The van der Waals surface area contributed by atoms with E-state index in [9.17, 15) is 13.2 Å². The molecule has 0 saturated carbocycles. The largest absolute Gasteiger partial charge is 0.306 e. The molecule has 0 aliphatic carbocycles. The zero-order valence-corrected chi connectivity index (χ0v) is 20.4. The Kier molecular flexibility index (Phi) is 6.20. The second kappa shape index (κ2) is 9.28.